The zero-order valence-corrected chi connectivity index (χ0v) is 15.6. The van der Waals surface area contributed by atoms with E-state index in [0.717, 1.165) is 0 Å². The van der Waals surface area contributed by atoms with Gasteiger partial charge in [0.05, 0.1) is 28.5 Å². The van der Waals surface area contributed by atoms with Gasteiger partial charge in [-0.3, -0.25) is 19.1 Å². The van der Waals surface area contributed by atoms with Gasteiger partial charge in [0.15, 0.2) is 5.16 Å². The van der Waals surface area contributed by atoms with Gasteiger partial charge in [0.2, 0.25) is 5.91 Å². The van der Waals surface area contributed by atoms with Crippen LogP contribution in [0, 0.1) is 0 Å². The van der Waals surface area contributed by atoms with Gasteiger partial charge in [-0.15, -0.1) is 0 Å². The van der Waals surface area contributed by atoms with E-state index in [0.29, 0.717) is 34.8 Å². The lowest BCUT2D eigenvalue weighted by Crippen LogP contribution is -2.32. The van der Waals surface area contributed by atoms with Crippen molar-refractivity contribution in [2.24, 2.45) is 0 Å². The summed E-state index contributed by atoms with van der Waals surface area (Å²) in [4.78, 5) is 35.9. The largest absolute Gasteiger partial charge is 0.343 e. The minimum absolute atomic E-state index is 0.0279. The molecule has 3 aromatic rings. The van der Waals surface area contributed by atoms with E-state index >= 15 is 0 Å². The minimum atomic E-state index is -0.165. The predicted octanol–water partition coefficient (Wildman–Crippen LogP) is 2.74. The molecule has 0 atom stereocenters. The zero-order valence-electron chi connectivity index (χ0n) is 14.8. The zero-order chi connectivity index (χ0) is 18.5. The first-order valence-corrected chi connectivity index (χ1v) is 9.47. The maximum Gasteiger partial charge on any atom is 0.266 e. The maximum absolute atomic E-state index is 13.0. The monoisotopic (exact) mass is 368 g/mol. The van der Waals surface area contributed by atoms with Crippen molar-refractivity contribution >= 4 is 28.6 Å². The van der Waals surface area contributed by atoms with E-state index in [4.69, 9.17) is 0 Å². The minimum Gasteiger partial charge on any atom is -0.343 e. The molecular weight excluding hydrogens is 348 g/mol. The van der Waals surface area contributed by atoms with Crippen molar-refractivity contribution in [2.75, 3.05) is 18.8 Å². The molecule has 26 heavy (non-hydrogen) atoms. The molecule has 0 spiro atoms. The second kappa shape index (κ2) is 8.14. The summed E-state index contributed by atoms with van der Waals surface area (Å²) >= 11 is 1.27. The van der Waals surface area contributed by atoms with Crippen LogP contribution in [0.3, 0.4) is 0 Å². The summed E-state index contributed by atoms with van der Waals surface area (Å²) in [5, 5.41) is 1.03. The highest BCUT2D eigenvalue weighted by Crippen LogP contribution is 2.21. The molecule has 0 aliphatic carbocycles. The van der Waals surface area contributed by atoms with Crippen LogP contribution < -0.4 is 5.56 Å². The van der Waals surface area contributed by atoms with Gasteiger partial charge in [0.25, 0.3) is 5.56 Å². The average molecular weight is 368 g/mol. The lowest BCUT2D eigenvalue weighted by Gasteiger charge is -2.19. The quantitative estimate of drug-likeness (QED) is 0.494. The van der Waals surface area contributed by atoms with E-state index in [1.807, 2.05) is 26.0 Å². The molecule has 7 heteroatoms. The number of amides is 1. The number of aromatic nitrogens is 3. The molecule has 1 amide bonds. The SMILES string of the molecule is CCN(CC)C(=O)CSc1nc2ccccc2c(=O)n1-c1cccnc1. The number of para-hydroxylation sites is 1. The average Bonchev–Trinajstić information content (AvgIpc) is 2.68. The lowest BCUT2D eigenvalue weighted by atomic mass is 10.2. The van der Waals surface area contributed by atoms with E-state index in [9.17, 15) is 9.59 Å². The summed E-state index contributed by atoms with van der Waals surface area (Å²) in [5.74, 6) is 0.257. The molecule has 0 aliphatic heterocycles. The Morgan fingerprint density at radius 1 is 1.15 bits per heavy atom. The molecule has 0 radical (unpaired) electrons. The van der Waals surface area contributed by atoms with Crippen LogP contribution in [0.15, 0.2) is 58.7 Å². The van der Waals surface area contributed by atoms with Crippen LogP contribution in [-0.4, -0.2) is 44.2 Å². The number of benzene rings is 1. The smallest absolute Gasteiger partial charge is 0.266 e. The van der Waals surface area contributed by atoms with E-state index < -0.39 is 0 Å². The van der Waals surface area contributed by atoms with Crippen LogP contribution in [0.5, 0.6) is 0 Å². The van der Waals surface area contributed by atoms with Crippen molar-refractivity contribution in [3.63, 3.8) is 0 Å². The number of fused-ring (bicyclic) bond motifs is 1. The van der Waals surface area contributed by atoms with Gasteiger partial charge < -0.3 is 4.90 Å². The summed E-state index contributed by atoms with van der Waals surface area (Å²) in [7, 11) is 0. The van der Waals surface area contributed by atoms with Crippen LogP contribution in [0.2, 0.25) is 0 Å². The molecule has 0 N–H and O–H groups in total. The Bertz CT molecular complexity index is 968. The Morgan fingerprint density at radius 3 is 2.62 bits per heavy atom. The fourth-order valence-electron chi connectivity index (χ4n) is 2.72. The summed E-state index contributed by atoms with van der Waals surface area (Å²) in [6.07, 6.45) is 3.27. The Labute approximate surface area is 155 Å². The molecule has 1 aromatic carbocycles. The van der Waals surface area contributed by atoms with E-state index in [1.54, 1.807) is 41.6 Å². The third-order valence-electron chi connectivity index (χ3n) is 4.09. The molecule has 0 unspecified atom stereocenters. The van der Waals surface area contributed by atoms with Gasteiger partial charge in [0.1, 0.15) is 0 Å². The summed E-state index contributed by atoms with van der Waals surface area (Å²) in [5.41, 5.74) is 1.09. The Kier molecular flexibility index (Phi) is 5.68. The van der Waals surface area contributed by atoms with Crippen LogP contribution in [0.4, 0.5) is 0 Å². The summed E-state index contributed by atoms with van der Waals surface area (Å²) < 4.78 is 1.52. The van der Waals surface area contributed by atoms with E-state index in [1.165, 1.54) is 16.3 Å². The fraction of sp³-hybridized carbons (Fsp3) is 0.263. The third kappa shape index (κ3) is 3.62. The predicted molar refractivity (Wildman–Crippen MR) is 104 cm³/mol. The molecule has 0 bridgehead atoms. The number of carbonyl (C=O) groups is 1. The molecule has 3 rings (SSSR count). The van der Waals surface area contributed by atoms with Crippen molar-refractivity contribution < 1.29 is 4.79 Å². The van der Waals surface area contributed by atoms with E-state index in [-0.39, 0.29) is 17.2 Å². The number of nitrogens with zero attached hydrogens (tertiary/aromatic N) is 4. The van der Waals surface area contributed by atoms with Crippen LogP contribution in [0.25, 0.3) is 16.6 Å². The fourth-order valence-corrected chi connectivity index (χ4v) is 3.63. The first-order valence-electron chi connectivity index (χ1n) is 8.48. The first-order chi connectivity index (χ1) is 12.7. The Balaban J connectivity index is 2.06. The number of carbonyl (C=O) groups excluding carboxylic acids is 1. The van der Waals surface area contributed by atoms with Crippen LogP contribution in [0.1, 0.15) is 13.8 Å². The van der Waals surface area contributed by atoms with Gasteiger partial charge in [-0.2, -0.15) is 0 Å². The lowest BCUT2D eigenvalue weighted by molar-refractivity contribution is -0.127. The second-order valence-corrected chi connectivity index (χ2v) is 6.56. The molecule has 6 nitrogen and oxygen atoms in total. The van der Waals surface area contributed by atoms with Crippen molar-refractivity contribution in [1.29, 1.82) is 0 Å². The second-order valence-electron chi connectivity index (χ2n) is 5.62. The van der Waals surface area contributed by atoms with Gasteiger partial charge in [0, 0.05) is 19.3 Å². The number of hydrogen-bond acceptors (Lipinski definition) is 5. The number of rotatable bonds is 6. The van der Waals surface area contributed by atoms with Crippen molar-refractivity contribution in [1.82, 2.24) is 19.4 Å². The highest BCUT2D eigenvalue weighted by molar-refractivity contribution is 7.99. The maximum atomic E-state index is 13.0. The summed E-state index contributed by atoms with van der Waals surface area (Å²) in [6, 6.07) is 10.8. The number of hydrogen-bond donors (Lipinski definition) is 0. The van der Waals surface area contributed by atoms with Crippen molar-refractivity contribution in [2.45, 2.75) is 19.0 Å². The molecule has 0 saturated heterocycles. The molecule has 0 fully saturated rings. The highest BCUT2D eigenvalue weighted by Gasteiger charge is 2.16. The number of thioether (sulfide) groups is 1. The molecule has 0 saturated carbocycles. The topological polar surface area (TPSA) is 68.1 Å². The molecular formula is C19H20N4O2S. The van der Waals surface area contributed by atoms with Crippen molar-refractivity contribution in [3.8, 4) is 5.69 Å². The molecule has 2 heterocycles. The highest BCUT2D eigenvalue weighted by atomic mass is 32.2. The summed E-state index contributed by atoms with van der Waals surface area (Å²) in [6.45, 7) is 5.23. The first kappa shape index (κ1) is 18.1. The molecule has 0 aliphatic rings. The van der Waals surface area contributed by atoms with Gasteiger partial charge >= 0.3 is 0 Å². The number of pyridine rings is 1. The Hall–Kier alpha value is -2.67. The van der Waals surface area contributed by atoms with Crippen molar-refractivity contribution in [3.05, 3.63) is 59.1 Å². The van der Waals surface area contributed by atoms with Gasteiger partial charge in [-0.25, -0.2) is 4.98 Å². The standard InChI is InChI=1S/C19H20N4O2S/c1-3-22(4-2)17(24)13-26-19-21-16-10-6-5-9-15(16)18(25)23(19)14-8-7-11-20-12-14/h5-12H,3-4,13H2,1-2H3. The molecule has 134 valence electrons. The van der Waals surface area contributed by atoms with Gasteiger partial charge in [-0.05, 0) is 38.1 Å². The van der Waals surface area contributed by atoms with Crippen LogP contribution >= 0.6 is 11.8 Å². The van der Waals surface area contributed by atoms with Crippen LogP contribution in [-0.2, 0) is 4.79 Å². The van der Waals surface area contributed by atoms with E-state index in [2.05, 4.69) is 9.97 Å². The van der Waals surface area contributed by atoms with Gasteiger partial charge in [-0.1, -0.05) is 23.9 Å². The normalized spacial score (nSPS) is 10.8. The Morgan fingerprint density at radius 2 is 1.92 bits per heavy atom. The molecule has 2 aromatic heterocycles. The third-order valence-corrected chi connectivity index (χ3v) is 5.01.